The number of likely N-dealkylation sites (N-methyl/N-ethyl adjacent to an activating group) is 1. The molecule has 0 radical (unpaired) electrons. The van der Waals surface area contributed by atoms with Crippen molar-refractivity contribution in [1.82, 2.24) is 10.2 Å². The molecule has 0 amide bonds. The van der Waals surface area contributed by atoms with Crippen molar-refractivity contribution in [2.75, 3.05) is 26.2 Å². The molecular weight excluding hydrogens is 200 g/mol. The van der Waals surface area contributed by atoms with E-state index >= 15 is 0 Å². The van der Waals surface area contributed by atoms with Gasteiger partial charge in [-0.3, -0.25) is 4.90 Å². The summed E-state index contributed by atoms with van der Waals surface area (Å²) in [5.74, 6) is 0. The molecule has 0 aromatic heterocycles. The number of hydrogen-bond donors (Lipinski definition) is 1. The maximum Gasteiger partial charge on any atom is 0.0710 e. The van der Waals surface area contributed by atoms with Crippen LogP contribution in [0.15, 0.2) is 0 Å². The van der Waals surface area contributed by atoms with Crippen molar-refractivity contribution in [2.45, 2.75) is 57.8 Å². The second-order valence-corrected chi connectivity index (χ2v) is 5.77. The Morgan fingerprint density at radius 1 is 1.38 bits per heavy atom. The summed E-state index contributed by atoms with van der Waals surface area (Å²) in [6.45, 7) is 11.3. The van der Waals surface area contributed by atoms with Gasteiger partial charge < -0.3 is 10.1 Å². The van der Waals surface area contributed by atoms with Crippen molar-refractivity contribution in [3.8, 4) is 0 Å². The molecule has 0 aromatic carbocycles. The van der Waals surface area contributed by atoms with Crippen molar-refractivity contribution >= 4 is 0 Å². The smallest absolute Gasteiger partial charge is 0.0710 e. The Bertz CT molecular complexity index is 224. The lowest BCUT2D eigenvalue weighted by Gasteiger charge is -2.30. The number of nitrogens with one attached hydrogen (secondary N) is 1. The van der Waals surface area contributed by atoms with E-state index in [1.54, 1.807) is 0 Å². The largest absolute Gasteiger partial charge is 0.371 e. The van der Waals surface area contributed by atoms with Crippen LogP contribution < -0.4 is 5.32 Å². The molecule has 0 spiro atoms. The van der Waals surface area contributed by atoms with Gasteiger partial charge in [-0.25, -0.2) is 0 Å². The van der Waals surface area contributed by atoms with Gasteiger partial charge >= 0.3 is 0 Å². The molecule has 1 N–H and O–H groups in total. The quantitative estimate of drug-likeness (QED) is 0.788. The molecule has 2 heterocycles. The van der Waals surface area contributed by atoms with Crippen LogP contribution >= 0.6 is 0 Å². The molecule has 0 aliphatic carbocycles. The number of hydrogen-bond acceptors (Lipinski definition) is 3. The minimum Gasteiger partial charge on any atom is -0.371 e. The summed E-state index contributed by atoms with van der Waals surface area (Å²) >= 11 is 0. The Balaban J connectivity index is 1.82. The number of nitrogens with zero attached hydrogens (tertiary/aromatic N) is 1. The highest BCUT2D eigenvalue weighted by molar-refractivity contribution is 4.86. The highest BCUT2D eigenvalue weighted by Gasteiger charge is 2.33. The van der Waals surface area contributed by atoms with Crippen molar-refractivity contribution in [3.63, 3.8) is 0 Å². The van der Waals surface area contributed by atoms with Crippen LogP contribution in [-0.4, -0.2) is 48.8 Å². The fourth-order valence-electron chi connectivity index (χ4n) is 2.96. The molecule has 16 heavy (non-hydrogen) atoms. The molecule has 2 rings (SSSR count). The van der Waals surface area contributed by atoms with Crippen molar-refractivity contribution < 1.29 is 4.74 Å². The normalized spacial score (nSPS) is 33.8. The third-order valence-electron chi connectivity index (χ3n) is 3.95. The molecule has 2 aliphatic rings. The van der Waals surface area contributed by atoms with Gasteiger partial charge in [0.15, 0.2) is 0 Å². The first-order valence-electron chi connectivity index (χ1n) is 6.73. The first-order valence-corrected chi connectivity index (χ1v) is 6.73. The zero-order valence-corrected chi connectivity index (χ0v) is 11.0. The topological polar surface area (TPSA) is 24.5 Å². The minimum absolute atomic E-state index is 0.109. The van der Waals surface area contributed by atoms with E-state index in [9.17, 15) is 0 Å². The van der Waals surface area contributed by atoms with Crippen LogP contribution in [0.3, 0.4) is 0 Å². The highest BCUT2D eigenvalue weighted by Crippen LogP contribution is 2.30. The summed E-state index contributed by atoms with van der Waals surface area (Å²) in [5.41, 5.74) is 0.109. The van der Waals surface area contributed by atoms with Gasteiger partial charge in [0.25, 0.3) is 0 Å². The Kier molecular flexibility index (Phi) is 3.88. The standard InChI is InChI=1S/C13H26N2O/c1-4-15(11-6-8-14-9-11)10-12-5-7-13(2,3)16-12/h11-12,14H,4-10H2,1-3H3. The SMILES string of the molecule is CCN(CC1CCC(C)(C)O1)C1CCNC1. The van der Waals surface area contributed by atoms with E-state index < -0.39 is 0 Å². The van der Waals surface area contributed by atoms with Gasteiger partial charge in [0.05, 0.1) is 11.7 Å². The van der Waals surface area contributed by atoms with Crippen molar-refractivity contribution in [1.29, 1.82) is 0 Å². The average Bonchev–Trinajstić information content (AvgIpc) is 2.84. The van der Waals surface area contributed by atoms with Gasteiger partial charge in [-0.15, -0.1) is 0 Å². The summed E-state index contributed by atoms with van der Waals surface area (Å²) in [6, 6.07) is 0.734. The average molecular weight is 226 g/mol. The fraction of sp³-hybridized carbons (Fsp3) is 1.00. The molecule has 3 nitrogen and oxygen atoms in total. The lowest BCUT2D eigenvalue weighted by Crippen LogP contribution is -2.42. The Hall–Kier alpha value is -0.120. The minimum atomic E-state index is 0.109. The Labute approximate surface area is 99.5 Å². The number of ether oxygens (including phenoxy) is 1. The van der Waals surface area contributed by atoms with Crippen LogP contribution in [0.2, 0.25) is 0 Å². The van der Waals surface area contributed by atoms with Gasteiger partial charge in [0.2, 0.25) is 0 Å². The molecular formula is C13H26N2O. The van der Waals surface area contributed by atoms with Gasteiger partial charge in [0, 0.05) is 19.1 Å². The van der Waals surface area contributed by atoms with E-state index in [0.29, 0.717) is 6.10 Å². The second kappa shape index (κ2) is 5.03. The third kappa shape index (κ3) is 2.96. The summed E-state index contributed by atoms with van der Waals surface area (Å²) in [6.07, 6.45) is 4.18. The highest BCUT2D eigenvalue weighted by atomic mass is 16.5. The molecule has 2 unspecified atom stereocenters. The van der Waals surface area contributed by atoms with Gasteiger partial charge in [-0.2, -0.15) is 0 Å². The van der Waals surface area contributed by atoms with Crippen LogP contribution in [0.4, 0.5) is 0 Å². The molecule has 94 valence electrons. The third-order valence-corrected chi connectivity index (χ3v) is 3.95. The predicted octanol–water partition coefficient (Wildman–Crippen LogP) is 1.63. The summed E-state index contributed by atoms with van der Waals surface area (Å²) in [5, 5.41) is 3.45. The molecule has 0 bridgehead atoms. The maximum atomic E-state index is 6.08. The van der Waals surface area contributed by atoms with Crippen molar-refractivity contribution in [3.05, 3.63) is 0 Å². The first-order chi connectivity index (χ1) is 7.61. The van der Waals surface area contributed by atoms with Crippen LogP contribution in [0.5, 0.6) is 0 Å². The van der Waals surface area contributed by atoms with Crippen LogP contribution in [0.1, 0.15) is 40.0 Å². The summed E-state index contributed by atoms with van der Waals surface area (Å²) in [7, 11) is 0. The van der Waals surface area contributed by atoms with Crippen LogP contribution in [-0.2, 0) is 4.74 Å². The molecule has 3 heteroatoms. The lowest BCUT2D eigenvalue weighted by atomic mass is 10.1. The van der Waals surface area contributed by atoms with Crippen molar-refractivity contribution in [2.24, 2.45) is 0 Å². The monoisotopic (exact) mass is 226 g/mol. The number of rotatable bonds is 4. The molecule has 0 saturated carbocycles. The van der Waals surface area contributed by atoms with E-state index in [4.69, 9.17) is 4.74 Å². The predicted molar refractivity (Wildman–Crippen MR) is 66.7 cm³/mol. The zero-order valence-electron chi connectivity index (χ0n) is 11.0. The summed E-state index contributed by atoms with van der Waals surface area (Å²) < 4.78 is 6.08. The molecule has 2 atom stereocenters. The van der Waals surface area contributed by atoms with E-state index in [1.807, 2.05) is 0 Å². The molecule has 2 aliphatic heterocycles. The summed E-state index contributed by atoms with van der Waals surface area (Å²) in [4.78, 5) is 2.59. The molecule has 2 fully saturated rings. The second-order valence-electron chi connectivity index (χ2n) is 5.77. The van der Waals surface area contributed by atoms with E-state index in [-0.39, 0.29) is 5.60 Å². The Morgan fingerprint density at radius 2 is 2.19 bits per heavy atom. The van der Waals surface area contributed by atoms with E-state index in [1.165, 1.54) is 25.8 Å². The molecule has 0 aromatic rings. The van der Waals surface area contributed by atoms with E-state index in [2.05, 4.69) is 31.0 Å². The maximum absolute atomic E-state index is 6.08. The Morgan fingerprint density at radius 3 is 2.69 bits per heavy atom. The fourth-order valence-corrected chi connectivity index (χ4v) is 2.96. The van der Waals surface area contributed by atoms with E-state index in [0.717, 1.165) is 25.7 Å². The van der Waals surface area contributed by atoms with Gasteiger partial charge in [0.1, 0.15) is 0 Å². The van der Waals surface area contributed by atoms with Gasteiger partial charge in [-0.1, -0.05) is 6.92 Å². The lowest BCUT2D eigenvalue weighted by molar-refractivity contribution is -0.0321. The zero-order chi connectivity index (χ0) is 11.6. The van der Waals surface area contributed by atoms with Crippen LogP contribution in [0.25, 0.3) is 0 Å². The van der Waals surface area contributed by atoms with Crippen LogP contribution in [0, 0.1) is 0 Å². The van der Waals surface area contributed by atoms with Gasteiger partial charge in [-0.05, 0) is 46.2 Å². The molecule has 2 saturated heterocycles. The first kappa shape index (κ1) is 12.3.